The van der Waals surface area contributed by atoms with Gasteiger partial charge in [0.05, 0.1) is 12.2 Å². The minimum atomic E-state index is -0.0920. The molecule has 1 aliphatic carbocycles. The minimum absolute atomic E-state index is 0.0920. The molecule has 0 heterocycles. The molecule has 0 atom stereocenters. The molecule has 0 bridgehead atoms. The predicted molar refractivity (Wildman–Crippen MR) is 69.6 cm³/mol. The van der Waals surface area contributed by atoms with Gasteiger partial charge in [0.25, 0.3) is 5.91 Å². The van der Waals surface area contributed by atoms with Crippen molar-refractivity contribution in [2.24, 2.45) is 5.92 Å². The Hall–Kier alpha value is -1.00. The summed E-state index contributed by atoms with van der Waals surface area (Å²) < 4.78 is 5.44. The Bertz CT molecular complexity index is 391. The van der Waals surface area contributed by atoms with Crippen molar-refractivity contribution >= 4 is 18.5 Å². The van der Waals surface area contributed by atoms with Gasteiger partial charge in [-0.25, -0.2) is 0 Å². The highest BCUT2D eigenvalue weighted by Gasteiger charge is 2.20. The second-order valence-electron chi connectivity index (χ2n) is 4.29. The topological polar surface area (TPSA) is 38.3 Å². The molecular formula is C13H17NO2S. The number of ether oxygens (including phenoxy) is 1. The summed E-state index contributed by atoms with van der Waals surface area (Å²) in [7, 11) is 0. The van der Waals surface area contributed by atoms with Gasteiger partial charge in [0, 0.05) is 18.0 Å². The number of carbonyl (C=O) groups is 1. The summed E-state index contributed by atoms with van der Waals surface area (Å²) in [6.07, 6.45) is 2.58. The van der Waals surface area contributed by atoms with E-state index < -0.39 is 0 Å². The molecule has 0 aliphatic heterocycles. The van der Waals surface area contributed by atoms with Crippen LogP contribution in [0.1, 0.15) is 23.2 Å². The summed E-state index contributed by atoms with van der Waals surface area (Å²) in [4.78, 5) is 12.5. The molecule has 0 unspecified atom stereocenters. The highest BCUT2D eigenvalue weighted by Crippen LogP contribution is 2.28. The van der Waals surface area contributed by atoms with Crippen LogP contribution in [0.15, 0.2) is 29.2 Å². The van der Waals surface area contributed by atoms with Gasteiger partial charge in [-0.15, -0.1) is 12.6 Å². The monoisotopic (exact) mass is 251 g/mol. The van der Waals surface area contributed by atoms with Crippen molar-refractivity contribution in [2.75, 3.05) is 19.8 Å². The van der Waals surface area contributed by atoms with Gasteiger partial charge in [-0.05, 0) is 30.9 Å². The summed E-state index contributed by atoms with van der Waals surface area (Å²) >= 11 is 4.24. The molecule has 4 heteroatoms. The fraction of sp³-hybridized carbons (Fsp3) is 0.462. The molecule has 17 heavy (non-hydrogen) atoms. The van der Waals surface area contributed by atoms with E-state index in [1.54, 1.807) is 6.07 Å². The van der Waals surface area contributed by atoms with E-state index in [-0.39, 0.29) is 5.91 Å². The number of thiol groups is 1. The van der Waals surface area contributed by atoms with Crippen molar-refractivity contribution in [1.29, 1.82) is 0 Å². The Labute approximate surface area is 107 Å². The van der Waals surface area contributed by atoms with E-state index >= 15 is 0 Å². The van der Waals surface area contributed by atoms with Gasteiger partial charge < -0.3 is 10.1 Å². The van der Waals surface area contributed by atoms with Crippen LogP contribution < -0.4 is 5.32 Å². The van der Waals surface area contributed by atoms with Gasteiger partial charge in [-0.2, -0.15) is 0 Å². The quantitative estimate of drug-likeness (QED) is 0.600. The first-order chi connectivity index (χ1) is 8.27. The summed E-state index contributed by atoms with van der Waals surface area (Å²) in [6, 6.07) is 7.26. The van der Waals surface area contributed by atoms with E-state index in [0.717, 1.165) is 12.5 Å². The summed E-state index contributed by atoms with van der Waals surface area (Å²) in [6.45, 7) is 1.96. The lowest BCUT2D eigenvalue weighted by atomic mass is 10.2. The maximum atomic E-state index is 11.8. The van der Waals surface area contributed by atoms with Crippen LogP contribution in [-0.2, 0) is 4.74 Å². The molecule has 92 valence electrons. The number of hydrogen-bond donors (Lipinski definition) is 2. The van der Waals surface area contributed by atoms with Gasteiger partial charge in [-0.3, -0.25) is 4.79 Å². The van der Waals surface area contributed by atoms with Crippen LogP contribution in [0.2, 0.25) is 0 Å². The molecule has 0 spiro atoms. The van der Waals surface area contributed by atoms with Crippen molar-refractivity contribution in [3.63, 3.8) is 0 Å². The van der Waals surface area contributed by atoms with Crippen LogP contribution in [0, 0.1) is 5.92 Å². The molecule has 1 fully saturated rings. The lowest BCUT2D eigenvalue weighted by Crippen LogP contribution is -2.27. The first kappa shape index (κ1) is 12.5. The molecule has 1 amide bonds. The zero-order valence-electron chi connectivity index (χ0n) is 9.69. The molecular weight excluding hydrogens is 234 g/mol. The SMILES string of the molecule is O=C(NCCOCC1CC1)c1ccccc1S. The van der Waals surface area contributed by atoms with Gasteiger partial charge >= 0.3 is 0 Å². The zero-order chi connectivity index (χ0) is 12.1. The number of carbonyl (C=O) groups excluding carboxylic acids is 1. The molecule has 2 rings (SSSR count). The van der Waals surface area contributed by atoms with Crippen molar-refractivity contribution in [3.05, 3.63) is 29.8 Å². The van der Waals surface area contributed by atoms with E-state index in [4.69, 9.17) is 4.74 Å². The van der Waals surface area contributed by atoms with E-state index in [2.05, 4.69) is 17.9 Å². The largest absolute Gasteiger partial charge is 0.379 e. The first-order valence-electron chi connectivity index (χ1n) is 5.91. The minimum Gasteiger partial charge on any atom is -0.379 e. The Morgan fingerprint density at radius 2 is 2.18 bits per heavy atom. The molecule has 1 N–H and O–H groups in total. The summed E-state index contributed by atoms with van der Waals surface area (Å²) in [5.74, 6) is 0.675. The maximum absolute atomic E-state index is 11.8. The van der Waals surface area contributed by atoms with E-state index in [0.29, 0.717) is 23.6 Å². The van der Waals surface area contributed by atoms with Crippen LogP contribution in [0.4, 0.5) is 0 Å². The number of hydrogen-bond acceptors (Lipinski definition) is 3. The summed E-state index contributed by atoms with van der Waals surface area (Å²) in [5.41, 5.74) is 0.609. The number of amides is 1. The highest BCUT2D eigenvalue weighted by atomic mass is 32.1. The Morgan fingerprint density at radius 3 is 2.88 bits per heavy atom. The molecule has 0 radical (unpaired) electrons. The number of benzene rings is 1. The fourth-order valence-electron chi connectivity index (χ4n) is 1.53. The second-order valence-corrected chi connectivity index (χ2v) is 4.77. The molecule has 1 aromatic carbocycles. The maximum Gasteiger partial charge on any atom is 0.252 e. The standard InChI is InChI=1S/C13H17NO2S/c15-13(11-3-1-2-4-12(11)17)14-7-8-16-9-10-5-6-10/h1-4,10,17H,5-9H2,(H,14,15). The van der Waals surface area contributed by atoms with Crippen LogP contribution in [0.3, 0.4) is 0 Å². The van der Waals surface area contributed by atoms with Crippen LogP contribution in [0.25, 0.3) is 0 Å². The molecule has 1 saturated carbocycles. The van der Waals surface area contributed by atoms with Crippen molar-refractivity contribution in [3.8, 4) is 0 Å². The molecule has 0 saturated heterocycles. The Balaban J connectivity index is 1.67. The lowest BCUT2D eigenvalue weighted by Gasteiger charge is -2.07. The Morgan fingerprint density at radius 1 is 1.41 bits per heavy atom. The van der Waals surface area contributed by atoms with Gasteiger partial charge in [0.1, 0.15) is 0 Å². The number of nitrogens with one attached hydrogen (secondary N) is 1. The average Bonchev–Trinajstić information content (AvgIpc) is 3.13. The molecule has 1 aromatic rings. The molecule has 1 aliphatic rings. The number of rotatable bonds is 6. The van der Waals surface area contributed by atoms with E-state index in [9.17, 15) is 4.79 Å². The first-order valence-corrected chi connectivity index (χ1v) is 6.36. The second kappa shape index (κ2) is 6.07. The van der Waals surface area contributed by atoms with Crippen LogP contribution in [-0.4, -0.2) is 25.7 Å². The van der Waals surface area contributed by atoms with Gasteiger partial charge in [0.2, 0.25) is 0 Å². The van der Waals surface area contributed by atoms with Crippen molar-refractivity contribution in [2.45, 2.75) is 17.7 Å². The molecule has 3 nitrogen and oxygen atoms in total. The average molecular weight is 251 g/mol. The fourth-order valence-corrected chi connectivity index (χ4v) is 1.79. The van der Waals surface area contributed by atoms with Crippen LogP contribution >= 0.6 is 12.6 Å². The van der Waals surface area contributed by atoms with Gasteiger partial charge in [-0.1, -0.05) is 12.1 Å². The van der Waals surface area contributed by atoms with E-state index in [1.165, 1.54) is 12.8 Å². The van der Waals surface area contributed by atoms with E-state index in [1.807, 2.05) is 18.2 Å². The normalized spacial score (nSPS) is 14.6. The smallest absolute Gasteiger partial charge is 0.252 e. The third kappa shape index (κ3) is 4.06. The zero-order valence-corrected chi connectivity index (χ0v) is 10.6. The third-order valence-electron chi connectivity index (χ3n) is 2.73. The van der Waals surface area contributed by atoms with Crippen molar-refractivity contribution < 1.29 is 9.53 Å². The lowest BCUT2D eigenvalue weighted by molar-refractivity contribution is 0.0904. The highest BCUT2D eigenvalue weighted by molar-refractivity contribution is 7.80. The predicted octanol–water partition coefficient (Wildman–Crippen LogP) is 2.13. The molecule has 0 aromatic heterocycles. The summed E-state index contributed by atoms with van der Waals surface area (Å²) in [5, 5.41) is 2.82. The van der Waals surface area contributed by atoms with Crippen molar-refractivity contribution in [1.82, 2.24) is 5.32 Å². The Kier molecular flexibility index (Phi) is 4.45. The third-order valence-corrected chi connectivity index (χ3v) is 3.12. The van der Waals surface area contributed by atoms with Gasteiger partial charge in [0.15, 0.2) is 0 Å². The van der Waals surface area contributed by atoms with Crippen LogP contribution in [0.5, 0.6) is 0 Å².